The van der Waals surface area contributed by atoms with Crippen LogP contribution in [0.15, 0.2) is 0 Å². The van der Waals surface area contributed by atoms with Crippen LogP contribution in [-0.4, -0.2) is 143 Å². The molecule has 0 aromatic rings. The molecule has 0 fully saturated rings. The maximum atomic E-state index is 8.89. The molecule has 0 spiro atoms. The monoisotopic (exact) mass is 486 g/mol. The fourth-order valence-electron chi connectivity index (χ4n) is 0. The molecule has 0 atom stereocenters. The van der Waals surface area contributed by atoms with Gasteiger partial charge in [0.25, 0.3) is 0 Å². The standard InChI is InChI=1S/C2H4O2.CH2O3.3Ca.Na.H2O4S.2Zn/c1-2(3)4;2-1(3)4;;;;;1-5(2,3)4;;/h1H3,(H,3,4);(H2,2,3,4);;;;;(H2,1,2,3,4);;/q;;3*+2;+1;;2*+2/p-5. The van der Waals surface area contributed by atoms with E-state index in [0.717, 1.165) is 6.92 Å². The normalized spacial score (nSPS) is 5.63. The molecule has 0 aliphatic rings. The smallest absolute Gasteiger partial charge is 0.759 e. The molecule has 0 N–H and O–H groups in total. The van der Waals surface area contributed by atoms with Gasteiger partial charge in [-0.2, -0.15) is 0 Å². The summed E-state index contributed by atoms with van der Waals surface area (Å²) < 4.78 is 34.1. The maximum absolute atomic E-state index is 8.89. The molecule has 9 nitrogen and oxygen atoms in total. The number of hydrogen-bond acceptors (Lipinski definition) is 9. The predicted octanol–water partition coefficient (Wildman–Crippen LogP) is -9.17. The van der Waals surface area contributed by atoms with E-state index in [-0.39, 0.29) is 182 Å². The van der Waals surface area contributed by atoms with Crippen molar-refractivity contribution in [3.8, 4) is 0 Å². The summed E-state index contributed by atoms with van der Waals surface area (Å²) in [4.78, 5) is 17.2. The fraction of sp³-hybridized carbons (Fsp3) is 0.333. The third kappa shape index (κ3) is 449. The van der Waals surface area contributed by atoms with Crippen molar-refractivity contribution in [1.82, 2.24) is 0 Å². The third-order valence-corrected chi connectivity index (χ3v) is 0. The van der Waals surface area contributed by atoms with E-state index >= 15 is 0 Å². The Morgan fingerprint density at radius 3 is 0.842 bits per heavy atom. The summed E-state index contributed by atoms with van der Waals surface area (Å²) in [6.07, 6.45) is -2.33. The van der Waals surface area contributed by atoms with Gasteiger partial charge in [0, 0.05) is 16.4 Å². The summed E-state index contributed by atoms with van der Waals surface area (Å²) in [6, 6.07) is 0. The zero-order valence-electron chi connectivity index (χ0n) is 10.6. The molecule has 0 amide bonds. The van der Waals surface area contributed by atoms with Gasteiger partial charge in [-0.1, -0.05) is 0 Å². The SMILES string of the molecule is CC(=O)[O-].O=C([O-])[O-].O=S(=O)([O-])[O-].[Ca+2].[Ca+2].[Ca+2].[Na+].[Zn+2].[Zn+2]. The minimum Gasteiger partial charge on any atom is -0.759 e. The van der Waals surface area contributed by atoms with Crippen molar-refractivity contribution in [1.29, 1.82) is 0 Å². The van der Waals surface area contributed by atoms with Crippen LogP contribution in [0.4, 0.5) is 4.79 Å². The van der Waals surface area contributed by atoms with E-state index in [0.29, 0.717) is 0 Å². The number of carbonyl (C=O) groups is 2. The second-order valence-electron chi connectivity index (χ2n) is 1.15. The summed E-state index contributed by atoms with van der Waals surface area (Å²) in [6.45, 7) is 0.972. The molecule has 0 aromatic heterocycles. The van der Waals surface area contributed by atoms with Gasteiger partial charge in [-0.15, -0.1) is 0 Å². The van der Waals surface area contributed by atoms with E-state index in [2.05, 4.69) is 0 Å². The summed E-state index contributed by atoms with van der Waals surface area (Å²) >= 11 is 0. The average molecular weight is 489 g/mol. The molecular formula is C3H3Ca3NaO9SZn2+6. The topological polar surface area (TPSA) is 184 Å². The molecule has 0 aliphatic heterocycles. The van der Waals surface area contributed by atoms with Crippen LogP contribution >= 0.6 is 0 Å². The molecule has 0 rings (SSSR count). The van der Waals surface area contributed by atoms with Crippen LogP contribution in [0.25, 0.3) is 0 Å². The maximum Gasteiger partial charge on any atom is 2.00 e. The molecule has 0 aromatic carbocycles. The second-order valence-corrected chi connectivity index (χ2v) is 1.97. The summed E-state index contributed by atoms with van der Waals surface area (Å²) in [5, 5.41) is 25.6. The Morgan fingerprint density at radius 1 is 0.842 bits per heavy atom. The Hall–Kier alpha value is 4.64. The zero-order chi connectivity index (χ0) is 11.7. The van der Waals surface area contributed by atoms with Crippen LogP contribution in [0, 0.1) is 0 Å². The van der Waals surface area contributed by atoms with Crippen LogP contribution in [-0.2, 0) is 54.1 Å². The van der Waals surface area contributed by atoms with Crippen molar-refractivity contribution in [3.63, 3.8) is 0 Å². The Bertz CT molecular complexity index is 235. The molecule has 0 saturated carbocycles. The minimum atomic E-state index is -5.17. The van der Waals surface area contributed by atoms with Gasteiger partial charge in [0.15, 0.2) is 0 Å². The van der Waals surface area contributed by atoms with Crippen LogP contribution in [0.1, 0.15) is 6.92 Å². The van der Waals surface area contributed by atoms with E-state index in [9.17, 15) is 0 Å². The van der Waals surface area contributed by atoms with Gasteiger partial charge in [0.2, 0.25) is 0 Å². The van der Waals surface area contributed by atoms with Gasteiger partial charge in [-0.05, 0) is 13.1 Å². The van der Waals surface area contributed by atoms with E-state index < -0.39 is 22.5 Å². The van der Waals surface area contributed by atoms with E-state index in [1.165, 1.54) is 0 Å². The van der Waals surface area contributed by atoms with Gasteiger partial charge in [0.1, 0.15) is 0 Å². The molecule has 0 heterocycles. The third-order valence-electron chi connectivity index (χ3n) is 0. The van der Waals surface area contributed by atoms with Crippen molar-refractivity contribution in [3.05, 3.63) is 0 Å². The first-order valence-electron chi connectivity index (χ1n) is 2.19. The number of rotatable bonds is 0. The number of carboxylic acids is 1. The summed E-state index contributed by atoms with van der Waals surface area (Å²) in [7, 11) is -5.17. The van der Waals surface area contributed by atoms with Gasteiger partial charge in [0.05, 0.1) is 0 Å². The van der Waals surface area contributed by atoms with Crippen LogP contribution in [0.2, 0.25) is 0 Å². The van der Waals surface area contributed by atoms with Crippen molar-refractivity contribution < 1.29 is 111 Å². The Kier molecular flexibility index (Phi) is 114. The first-order chi connectivity index (χ1) is 5.46. The number of aliphatic carboxylic acids is 1. The average Bonchev–Trinajstić information content (AvgIpc) is 1.50. The number of carbonyl (C=O) groups excluding carboxylic acids is 2. The van der Waals surface area contributed by atoms with Crippen molar-refractivity contribution in [2.45, 2.75) is 6.92 Å². The van der Waals surface area contributed by atoms with Gasteiger partial charge < -0.3 is 34.0 Å². The molecule has 80 valence electrons. The Labute approximate surface area is 247 Å². The van der Waals surface area contributed by atoms with Gasteiger partial charge in [-0.3, -0.25) is 8.42 Å². The number of carboxylic acid groups (broad SMARTS) is 3. The van der Waals surface area contributed by atoms with Crippen LogP contribution < -0.4 is 44.9 Å². The molecule has 0 unspecified atom stereocenters. The number of hydrogen-bond donors (Lipinski definition) is 0. The van der Waals surface area contributed by atoms with Crippen LogP contribution in [0.3, 0.4) is 0 Å². The van der Waals surface area contributed by atoms with E-state index in [4.69, 9.17) is 42.4 Å². The van der Waals surface area contributed by atoms with Gasteiger partial charge in [-0.25, -0.2) is 0 Å². The first-order valence-corrected chi connectivity index (χ1v) is 3.52. The predicted molar refractivity (Wildman–Crippen MR) is 43.8 cm³/mol. The van der Waals surface area contributed by atoms with Crippen LogP contribution in [0.5, 0.6) is 0 Å². The first kappa shape index (κ1) is 56.5. The molecule has 19 heavy (non-hydrogen) atoms. The van der Waals surface area contributed by atoms with E-state index in [1.807, 2.05) is 0 Å². The summed E-state index contributed by atoms with van der Waals surface area (Å²) in [5.41, 5.74) is 0. The zero-order valence-corrected chi connectivity index (χ0v) is 26.0. The quantitative estimate of drug-likeness (QED) is 0.181. The molecule has 0 aliphatic carbocycles. The summed E-state index contributed by atoms with van der Waals surface area (Å²) in [5.74, 6) is -1.08. The molecule has 16 heteroatoms. The van der Waals surface area contributed by atoms with E-state index in [1.54, 1.807) is 0 Å². The fourth-order valence-corrected chi connectivity index (χ4v) is 0. The van der Waals surface area contributed by atoms with Crippen molar-refractivity contribution in [2.75, 3.05) is 0 Å². The molecule has 0 radical (unpaired) electrons. The second kappa shape index (κ2) is 38.3. The largest absolute Gasteiger partial charge is 2.00 e. The Morgan fingerprint density at radius 2 is 0.842 bits per heavy atom. The molecule has 0 bridgehead atoms. The van der Waals surface area contributed by atoms with Crippen molar-refractivity contribution in [2.24, 2.45) is 0 Å². The Balaban J connectivity index is -0.00000000980. The van der Waals surface area contributed by atoms with Gasteiger partial charge >= 0.3 is 182 Å². The van der Waals surface area contributed by atoms with Crippen molar-refractivity contribution >= 4 is 136 Å². The molecule has 0 saturated heterocycles. The molecular weight excluding hydrogens is 486 g/mol. The minimum absolute atomic E-state index is 0.